The van der Waals surface area contributed by atoms with Crippen molar-refractivity contribution in [3.8, 4) is 23.1 Å². The fourth-order valence-corrected chi connectivity index (χ4v) is 4.42. The summed E-state index contributed by atoms with van der Waals surface area (Å²) in [7, 11) is 1.61. The maximum atomic E-state index is 13.6. The van der Waals surface area contributed by atoms with Crippen LogP contribution in [0, 0.1) is 6.92 Å². The molecule has 0 fully saturated rings. The van der Waals surface area contributed by atoms with Gasteiger partial charge in [-0.1, -0.05) is 32.0 Å². The molecule has 0 N–H and O–H groups in total. The topological polar surface area (TPSA) is 78.8 Å². The van der Waals surface area contributed by atoms with E-state index >= 15 is 0 Å². The Morgan fingerprint density at radius 3 is 2.62 bits per heavy atom. The maximum absolute atomic E-state index is 13.6. The highest BCUT2D eigenvalue weighted by atomic mass is 16.5. The van der Waals surface area contributed by atoms with Crippen LogP contribution in [0.4, 0.5) is 0 Å². The number of hydrogen-bond acceptors (Lipinski definition) is 6. The molecular formula is C30H29N3O4. The van der Waals surface area contributed by atoms with Crippen molar-refractivity contribution in [2.24, 2.45) is 5.10 Å². The van der Waals surface area contributed by atoms with Gasteiger partial charge in [-0.25, -0.2) is 4.98 Å². The molecule has 0 bridgehead atoms. The first kappa shape index (κ1) is 24.3. The molecule has 7 nitrogen and oxygen atoms in total. The lowest BCUT2D eigenvalue weighted by atomic mass is 9.97. The highest BCUT2D eigenvalue weighted by molar-refractivity contribution is 5.89. The second-order valence-electron chi connectivity index (χ2n) is 9.13. The van der Waals surface area contributed by atoms with Gasteiger partial charge in [0.25, 0.3) is 5.56 Å². The van der Waals surface area contributed by atoms with Crippen LogP contribution in [0.25, 0.3) is 33.5 Å². The minimum Gasteiger partial charge on any atom is -0.496 e. The van der Waals surface area contributed by atoms with Crippen LogP contribution in [0.15, 0.2) is 75.0 Å². The van der Waals surface area contributed by atoms with Gasteiger partial charge >= 0.3 is 0 Å². The van der Waals surface area contributed by atoms with E-state index in [4.69, 9.17) is 18.9 Å². The van der Waals surface area contributed by atoms with E-state index in [0.29, 0.717) is 40.4 Å². The number of fused-ring (bicyclic) bond motifs is 2. The van der Waals surface area contributed by atoms with Gasteiger partial charge < -0.3 is 13.9 Å². The second-order valence-corrected chi connectivity index (χ2v) is 9.13. The normalized spacial score (nSPS) is 11.7. The molecule has 0 spiro atoms. The first-order valence-electron chi connectivity index (χ1n) is 12.3. The quantitative estimate of drug-likeness (QED) is 0.240. The first-order chi connectivity index (χ1) is 17.9. The molecule has 2 heterocycles. The van der Waals surface area contributed by atoms with E-state index in [1.165, 1.54) is 4.68 Å². The summed E-state index contributed by atoms with van der Waals surface area (Å²) in [4.78, 5) is 18.4. The smallest absolute Gasteiger partial charge is 0.282 e. The summed E-state index contributed by atoms with van der Waals surface area (Å²) in [5, 5.41) is 5.91. The summed E-state index contributed by atoms with van der Waals surface area (Å²) in [6, 6.07) is 18.7. The number of hydrogen-bond donors (Lipinski definition) is 0. The SMILES string of the molecule is CCOc1cc(C)c(C=Nn2c(-c3cc4c(OC)cccc4o3)nc3ccccc3c2=O)cc1C(C)C. The predicted octanol–water partition coefficient (Wildman–Crippen LogP) is 6.53. The van der Waals surface area contributed by atoms with Crippen LogP contribution in [-0.4, -0.2) is 29.6 Å². The van der Waals surface area contributed by atoms with Gasteiger partial charge in [-0.15, -0.1) is 0 Å². The Hall–Kier alpha value is -4.39. The Kier molecular flexibility index (Phi) is 6.53. The van der Waals surface area contributed by atoms with Crippen molar-refractivity contribution in [3.63, 3.8) is 0 Å². The van der Waals surface area contributed by atoms with Crippen molar-refractivity contribution in [1.29, 1.82) is 0 Å². The molecule has 5 aromatic rings. The van der Waals surface area contributed by atoms with Crippen LogP contribution in [-0.2, 0) is 0 Å². The molecule has 0 amide bonds. The summed E-state index contributed by atoms with van der Waals surface area (Å²) < 4.78 is 18.8. The van der Waals surface area contributed by atoms with Crippen LogP contribution in [0.1, 0.15) is 43.4 Å². The number of nitrogens with zero attached hydrogens (tertiary/aromatic N) is 3. The molecular weight excluding hydrogens is 466 g/mol. The van der Waals surface area contributed by atoms with Gasteiger partial charge in [0.05, 0.1) is 36.2 Å². The maximum Gasteiger partial charge on any atom is 0.282 e. The third-order valence-corrected chi connectivity index (χ3v) is 6.35. The lowest BCUT2D eigenvalue weighted by Gasteiger charge is -2.16. The van der Waals surface area contributed by atoms with Crippen molar-refractivity contribution in [1.82, 2.24) is 9.66 Å². The fraction of sp³-hybridized carbons (Fsp3) is 0.233. The van der Waals surface area contributed by atoms with Crippen molar-refractivity contribution in [2.45, 2.75) is 33.6 Å². The predicted molar refractivity (Wildman–Crippen MR) is 147 cm³/mol. The average molecular weight is 496 g/mol. The lowest BCUT2D eigenvalue weighted by molar-refractivity contribution is 0.335. The van der Waals surface area contributed by atoms with Gasteiger partial charge in [0.1, 0.15) is 17.1 Å². The number of aryl methyl sites for hydroxylation is 1. The minimum absolute atomic E-state index is 0.264. The number of benzene rings is 3. The van der Waals surface area contributed by atoms with Gasteiger partial charge in [0, 0.05) is 0 Å². The van der Waals surface area contributed by atoms with E-state index < -0.39 is 0 Å². The van der Waals surface area contributed by atoms with Crippen LogP contribution in [0.5, 0.6) is 11.5 Å². The molecule has 0 atom stereocenters. The molecule has 0 radical (unpaired) electrons. The summed E-state index contributed by atoms with van der Waals surface area (Å²) in [6.45, 7) is 8.82. The Balaban J connectivity index is 1.70. The number of aromatic nitrogens is 2. The van der Waals surface area contributed by atoms with E-state index in [1.54, 1.807) is 19.4 Å². The molecule has 37 heavy (non-hydrogen) atoms. The highest BCUT2D eigenvalue weighted by Gasteiger charge is 2.18. The van der Waals surface area contributed by atoms with Crippen LogP contribution < -0.4 is 15.0 Å². The van der Waals surface area contributed by atoms with Crippen LogP contribution in [0.3, 0.4) is 0 Å². The Morgan fingerprint density at radius 1 is 1.05 bits per heavy atom. The largest absolute Gasteiger partial charge is 0.496 e. The Morgan fingerprint density at radius 2 is 1.86 bits per heavy atom. The van der Waals surface area contributed by atoms with Crippen LogP contribution in [0.2, 0.25) is 0 Å². The molecule has 0 saturated carbocycles. The summed E-state index contributed by atoms with van der Waals surface area (Å²) in [5.74, 6) is 2.54. The summed E-state index contributed by atoms with van der Waals surface area (Å²) >= 11 is 0. The molecule has 0 aliphatic heterocycles. The van der Waals surface area contributed by atoms with E-state index in [1.807, 2.05) is 62.4 Å². The van der Waals surface area contributed by atoms with E-state index in [0.717, 1.165) is 27.8 Å². The lowest BCUT2D eigenvalue weighted by Crippen LogP contribution is -2.20. The Bertz CT molecular complexity index is 1700. The van der Waals surface area contributed by atoms with Gasteiger partial charge in [-0.2, -0.15) is 9.78 Å². The first-order valence-corrected chi connectivity index (χ1v) is 12.3. The van der Waals surface area contributed by atoms with Crippen molar-refractivity contribution in [3.05, 3.63) is 87.7 Å². The zero-order valence-corrected chi connectivity index (χ0v) is 21.6. The van der Waals surface area contributed by atoms with Gasteiger partial charge in [0.2, 0.25) is 5.82 Å². The molecule has 0 unspecified atom stereocenters. The van der Waals surface area contributed by atoms with E-state index in [2.05, 4.69) is 25.0 Å². The monoisotopic (exact) mass is 495 g/mol. The average Bonchev–Trinajstić information content (AvgIpc) is 3.33. The van der Waals surface area contributed by atoms with Gasteiger partial charge in [0.15, 0.2) is 5.76 Å². The van der Waals surface area contributed by atoms with Crippen molar-refractivity contribution >= 4 is 28.1 Å². The van der Waals surface area contributed by atoms with E-state index in [-0.39, 0.29) is 11.5 Å². The third-order valence-electron chi connectivity index (χ3n) is 6.35. The molecule has 2 aromatic heterocycles. The van der Waals surface area contributed by atoms with E-state index in [9.17, 15) is 4.79 Å². The molecule has 0 aliphatic rings. The number of methoxy groups -OCH3 is 1. The Labute approximate surface area is 215 Å². The molecule has 7 heteroatoms. The summed E-state index contributed by atoms with van der Waals surface area (Å²) in [6.07, 6.45) is 1.70. The van der Waals surface area contributed by atoms with Crippen molar-refractivity contribution < 1.29 is 13.9 Å². The molecule has 5 rings (SSSR count). The second kappa shape index (κ2) is 9.93. The van der Waals surface area contributed by atoms with Gasteiger partial charge in [-0.3, -0.25) is 4.79 Å². The molecule has 0 saturated heterocycles. The number of furan rings is 1. The highest BCUT2D eigenvalue weighted by Crippen LogP contribution is 2.33. The van der Waals surface area contributed by atoms with Gasteiger partial charge in [-0.05, 0) is 78.9 Å². The molecule has 3 aromatic carbocycles. The standard InChI is InChI=1S/C30H29N3O4/c1-6-36-27-14-19(4)20(15-22(27)18(2)3)17-31-33-29(32-24-11-8-7-10-21(24)30(33)34)28-16-23-25(35-5)12-9-13-26(23)37-28/h7-18H,6H2,1-5H3. The number of ether oxygens (including phenoxy) is 2. The third kappa shape index (κ3) is 4.48. The minimum atomic E-state index is -0.281. The zero-order chi connectivity index (χ0) is 26.1. The molecule has 0 aliphatic carbocycles. The number of rotatable bonds is 7. The fourth-order valence-electron chi connectivity index (χ4n) is 4.42. The van der Waals surface area contributed by atoms with Crippen molar-refractivity contribution in [2.75, 3.05) is 13.7 Å². The van der Waals surface area contributed by atoms with Crippen LogP contribution >= 0.6 is 0 Å². The number of para-hydroxylation sites is 1. The summed E-state index contributed by atoms with van der Waals surface area (Å²) in [5.41, 5.74) is 3.90. The molecule has 188 valence electrons. The zero-order valence-electron chi connectivity index (χ0n) is 21.6.